The van der Waals surface area contributed by atoms with Crippen molar-refractivity contribution < 1.29 is 4.79 Å². The molecule has 1 aromatic rings. The van der Waals surface area contributed by atoms with Crippen LogP contribution in [0.4, 0.5) is 5.69 Å². The molecule has 1 aliphatic carbocycles. The molecular formula is C21H37Cl3N4O. The Kier molecular flexibility index (Phi) is 13.2. The van der Waals surface area contributed by atoms with Crippen molar-refractivity contribution in [3.05, 3.63) is 29.8 Å². The maximum Gasteiger partial charge on any atom is 0.240 e. The molecule has 2 aliphatic rings. The third kappa shape index (κ3) is 8.14. The first-order chi connectivity index (χ1) is 12.6. The number of aryl methyl sites for hydroxylation is 1. The molecule has 1 heterocycles. The van der Waals surface area contributed by atoms with Gasteiger partial charge in [-0.25, -0.2) is 0 Å². The minimum atomic E-state index is -0.591. The Bertz CT molecular complexity index is 603. The van der Waals surface area contributed by atoms with E-state index >= 15 is 0 Å². The van der Waals surface area contributed by atoms with Crippen molar-refractivity contribution >= 4 is 48.8 Å². The monoisotopic (exact) mass is 466 g/mol. The summed E-state index contributed by atoms with van der Waals surface area (Å²) in [5.41, 5.74) is 8.25. The van der Waals surface area contributed by atoms with Gasteiger partial charge >= 0.3 is 0 Å². The number of nitrogens with zero attached hydrogens (tertiary/aromatic N) is 2. The minimum absolute atomic E-state index is 0. The molecule has 1 saturated carbocycles. The minimum Gasteiger partial charge on any atom is -0.369 e. The number of anilines is 1. The van der Waals surface area contributed by atoms with E-state index in [1.807, 2.05) is 0 Å². The Morgan fingerprint density at radius 1 is 1.07 bits per heavy atom. The van der Waals surface area contributed by atoms with E-state index in [9.17, 15) is 4.79 Å². The first kappa shape index (κ1) is 28.3. The molecule has 1 amide bonds. The molecule has 2 fully saturated rings. The summed E-state index contributed by atoms with van der Waals surface area (Å²) < 4.78 is 0. The second-order valence-electron chi connectivity index (χ2n) is 7.99. The van der Waals surface area contributed by atoms with Crippen molar-refractivity contribution in [3.8, 4) is 0 Å². The van der Waals surface area contributed by atoms with Gasteiger partial charge in [-0.1, -0.05) is 25.0 Å². The van der Waals surface area contributed by atoms with Gasteiger partial charge in [-0.05, 0) is 56.8 Å². The van der Waals surface area contributed by atoms with Gasteiger partial charge in [0, 0.05) is 38.4 Å². The van der Waals surface area contributed by atoms with Gasteiger partial charge in [0.25, 0.3) is 0 Å². The van der Waals surface area contributed by atoms with E-state index in [2.05, 4.69) is 46.3 Å². The maximum absolute atomic E-state index is 12.2. The van der Waals surface area contributed by atoms with Gasteiger partial charge in [-0.2, -0.15) is 0 Å². The van der Waals surface area contributed by atoms with E-state index in [4.69, 9.17) is 5.73 Å². The molecule has 29 heavy (non-hydrogen) atoms. The van der Waals surface area contributed by atoms with Crippen LogP contribution in [0.5, 0.6) is 0 Å². The highest BCUT2D eigenvalue weighted by molar-refractivity contribution is 5.86. The average Bonchev–Trinajstić information content (AvgIpc) is 3.10. The van der Waals surface area contributed by atoms with Crippen molar-refractivity contribution in [2.75, 3.05) is 44.2 Å². The van der Waals surface area contributed by atoms with Gasteiger partial charge < -0.3 is 16.0 Å². The Morgan fingerprint density at radius 2 is 1.72 bits per heavy atom. The van der Waals surface area contributed by atoms with Gasteiger partial charge in [0.1, 0.15) is 0 Å². The SMILES string of the molecule is Cc1cccc(N2CCN(CCCCNC(=O)C3(N)CCCC3)CC2)c1.Cl.Cl.Cl. The topological polar surface area (TPSA) is 61.6 Å². The number of carbonyl (C=O) groups is 1. The molecule has 0 atom stereocenters. The Morgan fingerprint density at radius 3 is 2.34 bits per heavy atom. The number of nitrogens with two attached hydrogens (primary N) is 1. The molecular weight excluding hydrogens is 431 g/mol. The summed E-state index contributed by atoms with van der Waals surface area (Å²) in [6.07, 6.45) is 5.99. The lowest BCUT2D eigenvalue weighted by atomic mass is 9.98. The van der Waals surface area contributed by atoms with Crippen LogP contribution in [0, 0.1) is 6.92 Å². The van der Waals surface area contributed by atoms with Gasteiger partial charge in [0.15, 0.2) is 0 Å². The van der Waals surface area contributed by atoms with E-state index in [0.717, 1.165) is 77.8 Å². The number of benzene rings is 1. The van der Waals surface area contributed by atoms with Gasteiger partial charge in [0.05, 0.1) is 5.54 Å². The van der Waals surface area contributed by atoms with Crippen molar-refractivity contribution in [1.82, 2.24) is 10.2 Å². The smallest absolute Gasteiger partial charge is 0.240 e. The highest BCUT2D eigenvalue weighted by Crippen LogP contribution is 2.27. The summed E-state index contributed by atoms with van der Waals surface area (Å²) in [5.74, 6) is 0.0572. The highest BCUT2D eigenvalue weighted by Gasteiger charge is 2.36. The fourth-order valence-corrected chi connectivity index (χ4v) is 4.13. The van der Waals surface area contributed by atoms with Crippen molar-refractivity contribution in [1.29, 1.82) is 0 Å². The van der Waals surface area contributed by atoms with Crippen molar-refractivity contribution in [2.24, 2.45) is 5.73 Å². The molecule has 0 spiro atoms. The fraction of sp³-hybridized carbons (Fsp3) is 0.667. The molecule has 1 aliphatic heterocycles. The summed E-state index contributed by atoms with van der Waals surface area (Å²) in [6, 6.07) is 8.77. The second kappa shape index (κ2) is 13.6. The van der Waals surface area contributed by atoms with Crippen LogP contribution in [0.1, 0.15) is 44.1 Å². The van der Waals surface area contributed by atoms with Crippen molar-refractivity contribution in [2.45, 2.75) is 51.0 Å². The van der Waals surface area contributed by atoms with Crippen LogP contribution in [0.3, 0.4) is 0 Å². The zero-order valence-electron chi connectivity index (χ0n) is 17.4. The Labute approximate surface area is 194 Å². The lowest BCUT2D eigenvalue weighted by molar-refractivity contribution is -0.126. The molecule has 168 valence electrons. The van der Waals surface area contributed by atoms with Crippen LogP contribution in [0.15, 0.2) is 24.3 Å². The number of hydrogen-bond donors (Lipinski definition) is 2. The van der Waals surface area contributed by atoms with Crippen LogP contribution in [0.25, 0.3) is 0 Å². The largest absolute Gasteiger partial charge is 0.369 e. The lowest BCUT2D eigenvalue weighted by Gasteiger charge is -2.36. The molecule has 1 saturated heterocycles. The van der Waals surface area contributed by atoms with E-state index in [1.54, 1.807) is 0 Å². The number of piperazine rings is 1. The van der Waals surface area contributed by atoms with Crippen LogP contribution >= 0.6 is 37.2 Å². The predicted octanol–water partition coefficient (Wildman–Crippen LogP) is 3.55. The normalized spacial score (nSPS) is 18.2. The molecule has 0 aromatic heterocycles. The number of amides is 1. The zero-order valence-corrected chi connectivity index (χ0v) is 19.8. The number of hydrogen-bond acceptors (Lipinski definition) is 4. The Hall–Kier alpha value is -0.720. The molecule has 1 aromatic carbocycles. The van der Waals surface area contributed by atoms with Crippen LogP contribution < -0.4 is 16.0 Å². The van der Waals surface area contributed by atoms with E-state index in [1.165, 1.54) is 11.3 Å². The molecule has 3 N–H and O–H groups in total. The van der Waals surface area contributed by atoms with E-state index in [0.29, 0.717) is 0 Å². The third-order valence-electron chi connectivity index (χ3n) is 5.87. The summed E-state index contributed by atoms with van der Waals surface area (Å²) in [5, 5.41) is 3.05. The van der Waals surface area contributed by atoms with E-state index in [-0.39, 0.29) is 43.1 Å². The summed E-state index contributed by atoms with van der Waals surface area (Å²) in [6.45, 7) is 8.44. The number of carbonyl (C=O) groups excluding carboxylic acids is 1. The standard InChI is InChI=1S/C21H34N4O.3ClH/c1-18-7-6-8-19(17-18)25-15-13-24(14-16-25)12-5-4-11-23-20(26)21(22)9-2-3-10-21;;;/h6-8,17H,2-5,9-16,22H2,1H3,(H,23,26);3*1H. The summed E-state index contributed by atoms with van der Waals surface area (Å²) in [4.78, 5) is 17.2. The highest BCUT2D eigenvalue weighted by atomic mass is 35.5. The second-order valence-corrected chi connectivity index (χ2v) is 7.99. The molecule has 0 unspecified atom stereocenters. The lowest BCUT2D eigenvalue weighted by Crippen LogP contribution is -2.52. The molecule has 5 nitrogen and oxygen atoms in total. The van der Waals surface area contributed by atoms with Crippen molar-refractivity contribution in [3.63, 3.8) is 0 Å². The summed E-state index contributed by atoms with van der Waals surface area (Å²) in [7, 11) is 0. The molecule has 0 bridgehead atoms. The van der Waals surface area contributed by atoms with Crippen LogP contribution in [0.2, 0.25) is 0 Å². The summed E-state index contributed by atoms with van der Waals surface area (Å²) >= 11 is 0. The van der Waals surface area contributed by atoms with Crippen LogP contribution in [-0.4, -0.2) is 55.6 Å². The number of rotatable bonds is 7. The molecule has 3 rings (SSSR count). The van der Waals surface area contributed by atoms with E-state index < -0.39 is 5.54 Å². The van der Waals surface area contributed by atoms with Crippen LogP contribution in [-0.2, 0) is 4.79 Å². The zero-order chi connectivity index (χ0) is 18.4. The number of halogens is 3. The average molecular weight is 468 g/mol. The van der Waals surface area contributed by atoms with Gasteiger partial charge in [-0.3, -0.25) is 9.69 Å². The fourth-order valence-electron chi connectivity index (χ4n) is 4.13. The van der Waals surface area contributed by atoms with Gasteiger partial charge in [-0.15, -0.1) is 37.2 Å². The molecule has 0 radical (unpaired) electrons. The third-order valence-corrected chi connectivity index (χ3v) is 5.87. The number of nitrogens with one attached hydrogen (secondary N) is 1. The Balaban J connectivity index is 0.00000261. The maximum atomic E-state index is 12.2. The van der Waals surface area contributed by atoms with Gasteiger partial charge in [0.2, 0.25) is 5.91 Å². The first-order valence-electron chi connectivity index (χ1n) is 10.2. The number of unbranched alkanes of at least 4 members (excludes halogenated alkanes) is 1. The quantitative estimate of drug-likeness (QED) is 0.602. The molecule has 8 heteroatoms. The first-order valence-corrected chi connectivity index (χ1v) is 10.2. The predicted molar refractivity (Wildman–Crippen MR) is 129 cm³/mol.